The first-order valence-corrected chi connectivity index (χ1v) is 21.2. The molecule has 0 N–H and O–H groups in total. The van der Waals surface area contributed by atoms with Crippen molar-refractivity contribution < 1.29 is 9.47 Å². The average molecular weight is 725 g/mol. The zero-order chi connectivity index (χ0) is 37.7. The average Bonchev–Trinajstić information content (AvgIpc) is 3.21. The van der Waals surface area contributed by atoms with E-state index in [-0.39, 0.29) is 0 Å². The molecule has 2 aromatic heterocycles. The predicted molar refractivity (Wildman–Crippen MR) is 227 cm³/mol. The zero-order valence-corrected chi connectivity index (χ0v) is 33.4. The van der Waals surface area contributed by atoms with Crippen molar-refractivity contribution in [1.29, 1.82) is 0 Å². The Morgan fingerprint density at radius 2 is 0.889 bits per heavy atom. The standard InChI is InChI=1S/C50H64N2O2/c1-3-5-7-9-11-13-15-17-19-26-38-53-49-41-46(35-32-44-33-36-48(52-42-44)47-30-24-25-37-51-47)50(40-45(49)34-31-43-28-22-21-23-29-43)54-39-27-20-18-16-14-12-10-8-6-4-2/h21-25,28-30,33,36-37,40-42H,3-20,26-27,38-39H2,1-2H3. The van der Waals surface area contributed by atoms with Crippen LogP contribution in [0, 0.1) is 23.7 Å². The molecule has 0 unspecified atom stereocenters. The van der Waals surface area contributed by atoms with E-state index in [1.54, 1.807) is 6.20 Å². The Bertz CT molecular complexity index is 1690. The number of pyridine rings is 2. The fraction of sp³-hybridized carbons (Fsp3) is 0.480. The summed E-state index contributed by atoms with van der Waals surface area (Å²) in [5, 5.41) is 0. The summed E-state index contributed by atoms with van der Waals surface area (Å²) in [4.78, 5) is 9.06. The molecule has 0 saturated heterocycles. The van der Waals surface area contributed by atoms with Crippen molar-refractivity contribution in [3.8, 4) is 46.6 Å². The highest BCUT2D eigenvalue weighted by molar-refractivity contribution is 5.61. The van der Waals surface area contributed by atoms with Gasteiger partial charge in [-0.1, -0.05) is 177 Å². The van der Waals surface area contributed by atoms with Gasteiger partial charge in [-0.15, -0.1) is 0 Å². The molecule has 54 heavy (non-hydrogen) atoms. The van der Waals surface area contributed by atoms with Crippen molar-refractivity contribution in [1.82, 2.24) is 9.97 Å². The van der Waals surface area contributed by atoms with Crippen LogP contribution in [0.25, 0.3) is 11.4 Å². The number of hydrogen-bond acceptors (Lipinski definition) is 4. The van der Waals surface area contributed by atoms with Gasteiger partial charge in [0.05, 0.1) is 35.7 Å². The maximum absolute atomic E-state index is 6.48. The Hall–Kier alpha value is -4.54. The largest absolute Gasteiger partial charge is 0.492 e. The molecule has 4 aromatic rings. The lowest BCUT2D eigenvalue weighted by Gasteiger charge is -2.14. The van der Waals surface area contributed by atoms with E-state index in [0.717, 1.165) is 58.0 Å². The molecular weight excluding hydrogens is 661 g/mol. The number of rotatable bonds is 25. The lowest BCUT2D eigenvalue weighted by atomic mass is 10.1. The molecule has 0 radical (unpaired) electrons. The van der Waals surface area contributed by atoms with Crippen LogP contribution in [-0.4, -0.2) is 23.2 Å². The van der Waals surface area contributed by atoms with Crippen LogP contribution < -0.4 is 9.47 Å². The van der Waals surface area contributed by atoms with Crippen molar-refractivity contribution in [3.05, 3.63) is 107 Å². The number of ether oxygens (including phenoxy) is 2. The maximum atomic E-state index is 6.48. The van der Waals surface area contributed by atoms with Gasteiger partial charge in [-0.25, -0.2) is 0 Å². The van der Waals surface area contributed by atoms with E-state index < -0.39 is 0 Å². The van der Waals surface area contributed by atoms with Gasteiger partial charge in [0, 0.05) is 35.7 Å². The molecule has 2 aromatic carbocycles. The second-order valence-electron chi connectivity index (χ2n) is 14.4. The summed E-state index contributed by atoms with van der Waals surface area (Å²) in [6.07, 6.45) is 29.4. The van der Waals surface area contributed by atoms with Gasteiger partial charge in [0.15, 0.2) is 0 Å². The van der Waals surface area contributed by atoms with E-state index in [0.29, 0.717) is 13.2 Å². The maximum Gasteiger partial charge on any atom is 0.136 e. The van der Waals surface area contributed by atoms with E-state index in [9.17, 15) is 0 Å². The van der Waals surface area contributed by atoms with Gasteiger partial charge in [-0.2, -0.15) is 0 Å². The summed E-state index contributed by atoms with van der Waals surface area (Å²) >= 11 is 0. The number of hydrogen-bond donors (Lipinski definition) is 0. The van der Waals surface area contributed by atoms with Crippen LogP contribution in [0.5, 0.6) is 11.5 Å². The van der Waals surface area contributed by atoms with E-state index >= 15 is 0 Å². The molecule has 0 amide bonds. The second kappa shape index (κ2) is 27.1. The van der Waals surface area contributed by atoms with Crippen LogP contribution in [0.3, 0.4) is 0 Å². The highest BCUT2D eigenvalue weighted by Crippen LogP contribution is 2.29. The predicted octanol–water partition coefficient (Wildman–Crippen LogP) is 13.5. The minimum absolute atomic E-state index is 0.649. The molecule has 4 heteroatoms. The van der Waals surface area contributed by atoms with Crippen LogP contribution in [0.15, 0.2) is 85.2 Å². The zero-order valence-electron chi connectivity index (χ0n) is 33.4. The summed E-state index contributed by atoms with van der Waals surface area (Å²) < 4.78 is 13.0. The molecule has 0 saturated carbocycles. The van der Waals surface area contributed by atoms with Crippen LogP contribution in [0.1, 0.15) is 165 Å². The quantitative estimate of drug-likeness (QED) is 0.0504. The highest BCUT2D eigenvalue weighted by Gasteiger charge is 2.11. The fourth-order valence-corrected chi connectivity index (χ4v) is 6.47. The van der Waals surface area contributed by atoms with Crippen LogP contribution in [0.2, 0.25) is 0 Å². The monoisotopic (exact) mass is 724 g/mol. The van der Waals surface area contributed by atoms with Crippen molar-refractivity contribution in [2.75, 3.05) is 13.2 Å². The van der Waals surface area contributed by atoms with Crippen molar-refractivity contribution in [2.24, 2.45) is 0 Å². The first-order valence-electron chi connectivity index (χ1n) is 21.2. The Balaban J connectivity index is 1.45. The van der Waals surface area contributed by atoms with Crippen molar-refractivity contribution in [2.45, 2.75) is 142 Å². The summed E-state index contributed by atoms with van der Waals surface area (Å²) in [5.74, 6) is 15.0. The van der Waals surface area contributed by atoms with Crippen molar-refractivity contribution >= 4 is 0 Å². The number of benzene rings is 2. The smallest absolute Gasteiger partial charge is 0.136 e. The van der Waals surface area contributed by atoms with Gasteiger partial charge in [-0.3, -0.25) is 9.97 Å². The third kappa shape index (κ3) is 17.1. The highest BCUT2D eigenvalue weighted by atomic mass is 16.5. The lowest BCUT2D eigenvalue weighted by molar-refractivity contribution is 0.295. The van der Waals surface area contributed by atoms with Crippen LogP contribution >= 0.6 is 0 Å². The minimum atomic E-state index is 0.649. The SMILES string of the molecule is CCCCCCCCCCCCOc1cc(C#Cc2ccc(-c3ccccn3)nc2)c(OCCCCCCCCCCCC)cc1C#Cc1ccccc1. The Morgan fingerprint density at radius 3 is 1.35 bits per heavy atom. The number of unbranched alkanes of at least 4 members (excludes halogenated alkanes) is 18. The molecule has 2 heterocycles. The normalized spacial score (nSPS) is 10.6. The van der Waals surface area contributed by atoms with Gasteiger partial charge in [-0.05, 0) is 49.2 Å². The van der Waals surface area contributed by atoms with Gasteiger partial charge in [0.1, 0.15) is 11.5 Å². The van der Waals surface area contributed by atoms with Crippen molar-refractivity contribution in [3.63, 3.8) is 0 Å². The molecule has 0 aliphatic heterocycles. The molecular formula is C50H64N2O2. The molecule has 0 fully saturated rings. The molecule has 0 atom stereocenters. The van der Waals surface area contributed by atoms with E-state index in [4.69, 9.17) is 9.47 Å². The molecule has 4 rings (SSSR count). The third-order valence-electron chi connectivity index (χ3n) is 9.74. The molecule has 4 nitrogen and oxygen atoms in total. The van der Waals surface area contributed by atoms with Gasteiger partial charge in [0.25, 0.3) is 0 Å². The summed E-state index contributed by atoms with van der Waals surface area (Å²) in [7, 11) is 0. The molecule has 0 aliphatic carbocycles. The third-order valence-corrected chi connectivity index (χ3v) is 9.74. The van der Waals surface area contributed by atoms with E-state index in [1.165, 1.54) is 116 Å². The first kappa shape index (κ1) is 42.2. The fourth-order valence-electron chi connectivity index (χ4n) is 6.47. The summed E-state index contributed by atoms with van der Waals surface area (Å²) in [6.45, 7) is 5.86. The summed E-state index contributed by atoms with van der Waals surface area (Å²) in [6, 6.07) is 24.0. The van der Waals surface area contributed by atoms with Gasteiger partial charge in [0.2, 0.25) is 0 Å². The van der Waals surface area contributed by atoms with Crippen LogP contribution in [-0.2, 0) is 0 Å². The topological polar surface area (TPSA) is 44.2 Å². The van der Waals surface area contributed by atoms with E-state index in [2.05, 4.69) is 47.5 Å². The number of aromatic nitrogens is 2. The molecule has 0 spiro atoms. The Kier molecular flexibility index (Phi) is 21.2. The van der Waals surface area contributed by atoms with Crippen LogP contribution in [0.4, 0.5) is 0 Å². The second-order valence-corrected chi connectivity index (χ2v) is 14.4. The minimum Gasteiger partial charge on any atom is -0.492 e. The molecule has 286 valence electrons. The summed E-state index contributed by atoms with van der Waals surface area (Å²) in [5.41, 5.74) is 5.10. The molecule has 0 aliphatic rings. The Labute approximate surface area is 327 Å². The molecule has 0 bridgehead atoms. The first-order chi connectivity index (χ1) is 26.8. The number of nitrogens with zero attached hydrogens (tertiary/aromatic N) is 2. The van der Waals surface area contributed by atoms with Gasteiger partial charge >= 0.3 is 0 Å². The van der Waals surface area contributed by atoms with E-state index in [1.807, 2.05) is 79.0 Å². The van der Waals surface area contributed by atoms with Gasteiger partial charge < -0.3 is 9.47 Å². The lowest BCUT2D eigenvalue weighted by Crippen LogP contribution is -2.03. The Morgan fingerprint density at radius 1 is 0.426 bits per heavy atom.